The van der Waals surface area contributed by atoms with Crippen molar-refractivity contribution in [3.8, 4) is 5.75 Å². The molecule has 2 nitrogen and oxygen atoms in total. The Morgan fingerprint density at radius 2 is 2.31 bits per heavy atom. The smallest absolute Gasteiger partial charge is 0.145 e. The maximum Gasteiger partial charge on any atom is 0.145 e. The van der Waals surface area contributed by atoms with E-state index in [1.165, 1.54) is 5.56 Å². The van der Waals surface area contributed by atoms with Gasteiger partial charge < -0.3 is 4.74 Å². The van der Waals surface area contributed by atoms with Crippen molar-refractivity contribution < 1.29 is 4.74 Å². The van der Waals surface area contributed by atoms with E-state index >= 15 is 0 Å². The Labute approximate surface area is 82.0 Å². The molecule has 68 valence electrons. The van der Waals surface area contributed by atoms with Gasteiger partial charge in [0.15, 0.2) is 0 Å². The van der Waals surface area contributed by atoms with E-state index in [0.717, 1.165) is 16.5 Å². The van der Waals surface area contributed by atoms with Gasteiger partial charge in [-0.05, 0) is 30.9 Å². The minimum absolute atomic E-state index is 0.609. The summed E-state index contributed by atoms with van der Waals surface area (Å²) < 4.78 is 5.56. The average Bonchev–Trinajstić information content (AvgIpc) is 2.17. The Kier molecular flexibility index (Phi) is 2.27. The maximum absolute atomic E-state index is 5.56. The van der Waals surface area contributed by atoms with Crippen LogP contribution in [0.4, 0.5) is 5.69 Å². The summed E-state index contributed by atoms with van der Waals surface area (Å²) in [6.07, 6.45) is 2.02. The first kappa shape index (κ1) is 8.63. The highest BCUT2D eigenvalue weighted by Crippen LogP contribution is 2.32. The highest BCUT2D eigenvalue weighted by Gasteiger charge is 2.11. The van der Waals surface area contributed by atoms with Gasteiger partial charge in [-0.15, -0.1) is 11.8 Å². The van der Waals surface area contributed by atoms with Crippen LogP contribution >= 0.6 is 11.8 Å². The minimum atomic E-state index is 0.609. The third kappa shape index (κ3) is 1.70. The first-order chi connectivity index (χ1) is 6.29. The van der Waals surface area contributed by atoms with Crippen LogP contribution in [0.2, 0.25) is 0 Å². The summed E-state index contributed by atoms with van der Waals surface area (Å²) >= 11 is 1.64. The number of fused-ring (bicyclic) bond motifs is 1. The lowest BCUT2D eigenvalue weighted by atomic mass is 10.2. The number of ether oxygens (including phenoxy) is 1. The van der Waals surface area contributed by atoms with Crippen LogP contribution in [0.5, 0.6) is 5.75 Å². The molecule has 2 rings (SSSR count). The van der Waals surface area contributed by atoms with Crippen LogP contribution in [0.3, 0.4) is 0 Å². The number of thioether (sulfide) groups is 1. The van der Waals surface area contributed by atoms with Gasteiger partial charge >= 0.3 is 0 Å². The zero-order valence-electron chi connectivity index (χ0n) is 7.70. The van der Waals surface area contributed by atoms with Gasteiger partial charge in [0.2, 0.25) is 0 Å². The van der Waals surface area contributed by atoms with Crippen LogP contribution in [0.1, 0.15) is 5.56 Å². The van der Waals surface area contributed by atoms with Crippen molar-refractivity contribution in [2.24, 2.45) is 4.99 Å². The number of rotatable bonds is 0. The molecule has 0 unspecified atom stereocenters. The van der Waals surface area contributed by atoms with Crippen LogP contribution in [0.15, 0.2) is 23.2 Å². The van der Waals surface area contributed by atoms with Crippen molar-refractivity contribution in [2.75, 3.05) is 12.9 Å². The van der Waals surface area contributed by atoms with Gasteiger partial charge in [0, 0.05) is 0 Å². The first-order valence-corrected chi connectivity index (χ1v) is 5.37. The average molecular weight is 193 g/mol. The van der Waals surface area contributed by atoms with E-state index in [1.54, 1.807) is 11.8 Å². The summed E-state index contributed by atoms with van der Waals surface area (Å²) in [5.41, 5.74) is 2.16. The highest BCUT2D eigenvalue weighted by molar-refractivity contribution is 8.13. The summed E-state index contributed by atoms with van der Waals surface area (Å²) in [5.74, 6) is 0.901. The van der Waals surface area contributed by atoms with E-state index in [9.17, 15) is 0 Å². The van der Waals surface area contributed by atoms with Gasteiger partial charge in [-0.25, -0.2) is 4.99 Å². The number of aliphatic imine (C=N–C) groups is 1. The predicted molar refractivity (Wildman–Crippen MR) is 57.3 cm³/mol. The lowest BCUT2D eigenvalue weighted by Crippen LogP contribution is -2.11. The number of benzene rings is 1. The van der Waals surface area contributed by atoms with Crippen LogP contribution in [0.25, 0.3) is 0 Å². The summed E-state index contributed by atoms with van der Waals surface area (Å²) in [5, 5.41) is 1.04. The zero-order chi connectivity index (χ0) is 9.26. The van der Waals surface area contributed by atoms with Gasteiger partial charge in [-0.2, -0.15) is 0 Å². The monoisotopic (exact) mass is 193 g/mol. The standard InChI is InChI=1S/C10H11NOS/c1-7-3-4-8-9(5-7)12-6-10(11-8)13-2/h3-5H,6H2,1-2H3. The molecule has 0 bridgehead atoms. The molecule has 0 aliphatic carbocycles. The van der Waals surface area contributed by atoms with Gasteiger partial charge in [-0.3, -0.25) is 0 Å². The van der Waals surface area contributed by atoms with Gasteiger partial charge in [0.25, 0.3) is 0 Å². The van der Waals surface area contributed by atoms with E-state index in [-0.39, 0.29) is 0 Å². The van der Waals surface area contributed by atoms with Crippen molar-refractivity contribution in [3.05, 3.63) is 23.8 Å². The van der Waals surface area contributed by atoms with E-state index < -0.39 is 0 Å². The van der Waals surface area contributed by atoms with E-state index in [0.29, 0.717) is 6.61 Å². The molecule has 0 spiro atoms. The fourth-order valence-electron chi connectivity index (χ4n) is 1.24. The Hall–Kier alpha value is -0.960. The molecule has 0 aromatic heterocycles. The predicted octanol–water partition coefficient (Wildman–Crippen LogP) is 2.78. The molecule has 1 heterocycles. The zero-order valence-corrected chi connectivity index (χ0v) is 8.52. The normalized spacial score (nSPS) is 14.5. The molecular formula is C10H11NOS. The third-order valence-corrected chi connectivity index (χ3v) is 2.63. The Balaban J connectivity index is 2.42. The van der Waals surface area contributed by atoms with Crippen molar-refractivity contribution >= 4 is 22.5 Å². The SMILES string of the molecule is CSC1=Nc2ccc(C)cc2OC1. The summed E-state index contributed by atoms with van der Waals surface area (Å²) in [6.45, 7) is 2.66. The van der Waals surface area contributed by atoms with E-state index in [4.69, 9.17) is 4.74 Å². The molecule has 0 amide bonds. The third-order valence-electron chi connectivity index (χ3n) is 1.95. The van der Waals surface area contributed by atoms with E-state index in [1.807, 2.05) is 18.4 Å². The lowest BCUT2D eigenvalue weighted by Gasteiger charge is -2.15. The Morgan fingerprint density at radius 3 is 3.08 bits per heavy atom. The number of hydrogen-bond acceptors (Lipinski definition) is 3. The van der Waals surface area contributed by atoms with E-state index in [2.05, 4.69) is 18.0 Å². The molecule has 0 atom stereocenters. The van der Waals surface area contributed by atoms with Crippen LogP contribution in [-0.2, 0) is 0 Å². The highest BCUT2D eigenvalue weighted by atomic mass is 32.2. The molecule has 0 radical (unpaired) electrons. The molecular weight excluding hydrogens is 182 g/mol. The molecule has 1 aliphatic rings. The molecule has 1 aliphatic heterocycles. The quantitative estimate of drug-likeness (QED) is 0.632. The maximum atomic E-state index is 5.56. The molecule has 13 heavy (non-hydrogen) atoms. The second-order valence-corrected chi connectivity index (χ2v) is 3.85. The fourth-order valence-corrected chi connectivity index (χ4v) is 1.61. The number of hydrogen-bond donors (Lipinski definition) is 0. The largest absolute Gasteiger partial charge is 0.484 e. The summed E-state index contributed by atoms with van der Waals surface area (Å²) in [6, 6.07) is 6.07. The number of aryl methyl sites for hydroxylation is 1. The van der Waals surface area contributed by atoms with Gasteiger partial charge in [0.1, 0.15) is 23.1 Å². The van der Waals surface area contributed by atoms with Crippen LogP contribution in [0, 0.1) is 6.92 Å². The van der Waals surface area contributed by atoms with Crippen LogP contribution in [-0.4, -0.2) is 17.9 Å². The number of nitrogens with zero attached hydrogens (tertiary/aromatic N) is 1. The summed E-state index contributed by atoms with van der Waals surface area (Å²) in [4.78, 5) is 4.46. The summed E-state index contributed by atoms with van der Waals surface area (Å²) in [7, 11) is 0. The van der Waals surface area contributed by atoms with Crippen molar-refractivity contribution in [2.45, 2.75) is 6.92 Å². The minimum Gasteiger partial charge on any atom is -0.484 e. The Morgan fingerprint density at radius 1 is 1.46 bits per heavy atom. The Bertz CT molecular complexity index is 360. The van der Waals surface area contributed by atoms with Gasteiger partial charge in [0.05, 0.1) is 0 Å². The first-order valence-electron chi connectivity index (χ1n) is 4.14. The molecule has 0 N–H and O–H groups in total. The second-order valence-electron chi connectivity index (χ2n) is 2.97. The molecule has 0 saturated carbocycles. The lowest BCUT2D eigenvalue weighted by molar-refractivity contribution is 0.375. The topological polar surface area (TPSA) is 21.6 Å². The van der Waals surface area contributed by atoms with Crippen LogP contribution < -0.4 is 4.74 Å². The van der Waals surface area contributed by atoms with Crippen molar-refractivity contribution in [1.29, 1.82) is 0 Å². The second kappa shape index (κ2) is 3.42. The van der Waals surface area contributed by atoms with Gasteiger partial charge in [-0.1, -0.05) is 6.07 Å². The van der Waals surface area contributed by atoms with Crippen molar-refractivity contribution in [3.63, 3.8) is 0 Å². The molecule has 3 heteroatoms. The van der Waals surface area contributed by atoms with Crippen molar-refractivity contribution in [1.82, 2.24) is 0 Å². The molecule has 1 aromatic rings. The molecule has 1 aromatic carbocycles. The fraction of sp³-hybridized carbons (Fsp3) is 0.300. The molecule has 0 saturated heterocycles. The molecule has 0 fully saturated rings.